The average molecular weight is 267 g/mol. The van der Waals surface area contributed by atoms with Crippen LogP contribution in [0.5, 0.6) is 0 Å². The molecule has 0 N–H and O–H groups in total. The maximum atomic E-state index is 13.3. The van der Waals surface area contributed by atoms with Crippen molar-refractivity contribution in [1.82, 2.24) is 4.90 Å². The van der Waals surface area contributed by atoms with Gasteiger partial charge in [-0.2, -0.15) is 0 Å². The van der Waals surface area contributed by atoms with E-state index in [4.69, 9.17) is 0 Å². The van der Waals surface area contributed by atoms with E-state index in [1.807, 2.05) is 31.7 Å². The van der Waals surface area contributed by atoms with Crippen LogP contribution >= 0.6 is 11.8 Å². The van der Waals surface area contributed by atoms with Crippen molar-refractivity contribution < 1.29 is 9.18 Å². The van der Waals surface area contributed by atoms with Crippen LogP contribution in [0.4, 0.5) is 4.39 Å². The molecule has 0 spiro atoms. The molecule has 1 unspecified atom stereocenters. The van der Waals surface area contributed by atoms with Gasteiger partial charge in [0.2, 0.25) is 5.91 Å². The largest absolute Gasteiger partial charge is 0.325 e. The number of amides is 1. The van der Waals surface area contributed by atoms with Crippen LogP contribution in [0.25, 0.3) is 0 Å². The quantitative estimate of drug-likeness (QED) is 0.777. The Labute approximate surface area is 112 Å². The smallest absolute Gasteiger partial charge is 0.229 e. The lowest BCUT2D eigenvalue weighted by Gasteiger charge is -2.30. The highest BCUT2D eigenvalue weighted by atomic mass is 32.2. The Morgan fingerprint density at radius 2 is 2.17 bits per heavy atom. The molecular formula is C14H18FNOS. The lowest BCUT2D eigenvalue weighted by molar-refractivity contribution is -0.139. The molecule has 1 fully saturated rings. The van der Waals surface area contributed by atoms with Crippen molar-refractivity contribution in [3.8, 4) is 0 Å². The number of halogens is 1. The van der Waals surface area contributed by atoms with E-state index >= 15 is 0 Å². The van der Waals surface area contributed by atoms with E-state index in [9.17, 15) is 9.18 Å². The van der Waals surface area contributed by atoms with Crippen LogP contribution < -0.4 is 0 Å². The summed E-state index contributed by atoms with van der Waals surface area (Å²) < 4.78 is 13.3. The first-order valence-corrected chi connectivity index (χ1v) is 7.12. The summed E-state index contributed by atoms with van der Waals surface area (Å²) in [5.74, 6) is 0.785. The number of hydrogen-bond donors (Lipinski definition) is 0. The third kappa shape index (κ3) is 2.69. The molecule has 1 amide bonds. The highest BCUT2D eigenvalue weighted by Gasteiger charge is 2.36. The fraction of sp³-hybridized carbons (Fsp3) is 0.500. The number of carbonyl (C=O) groups is 1. The van der Waals surface area contributed by atoms with Gasteiger partial charge in [0, 0.05) is 17.7 Å². The van der Waals surface area contributed by atoms with Crippen molar-refractivity contribution >= 4 is 17.7 Å². The Balaban J connectivity index is 2.25. The number of hydrogen-bond acceptors (Lipinski definition) is 2. The molecular weight excluding hydrogens is 249 g/mol. The van der Waals surface area contributed by atoms with Gasteiger partial charge in [0.15, 0.2) is 0 Å². The molecule has 4 heteroatoms. The molecule has 1 aromatic rings. The highest BCUT2D eigenvalue weighted by molar-refractivity contribution is 7.99. The molecule has 1 heterocycles. The van der Waals surface area contributed by atoms with E-state index < -0.39 is 5.41 Å². The van der Waals surface area contributed by atoms with Gasteiger partial charge in [-0.1, -0.05) is 32.9 Å². The second-order valence-electron chi connectivity index (χ2n) is 5.53. The number of benzene rings is 1. The highest BCUT2D eigenvalue weighted by Crippen LogP contribution is 2.40. The van der Waals surface area contributed by atoms with Crippen molar-refractivity contribution in [3.63, 3.8) is 0 Å². The number of nitrogens with zero attached hydrogens (tertiary/aromatic N) is 1. The molecule has 18 heavy (non-hydrogen) atoms. The lowest BCUT2D eigenvalue weighted by Crippen LogP contribution is -2.38. The van der Waals surface area contributed by atoms with E-state index in [2.05, 4.69) is 0 Å². The molecule has 1 aliphatic rings. The van der Waals surface area contributed by atoms with Gasteiger partial charge in [-0.15, -0.1) is 11.8 Å². The monoisotopic (exact) mass is 267 g/mol. The third-order valence-corrected chi connectivity index (χ3v) is 4.19. The Morgan fingerprint density at radius 3 is 2.78 bits per heavy atom. The second kappa shape index (κ2) is 4.92. The molecule has 0 radical (unpaired) electrons. The van der Waals surface area contributed by atoms with E-state index in [1.54, 1.807) is 17.8 Å². The molecule has 0 bridgehead atoms. The van der Waals surface area contributed by atoms with E-state index in [-0.39, 0.29) is 17.1 Å². The van der Waals surface area contributed by atoms with Crippen LogP contribution in [0.15, 0.2) is 24.3 Å². The molecule has 2 rings (SSSR count). The Bertz CT molecular complexity index is 455. The summed E-state index contributed by atoms with van der Waals surface area (Å²) in [6.45, 7) is 6.49. The van der Waals surface area contributed by atoms with Crippen molar-refractivity contribution in [1.29, 1.82) is 0 Å². The van der Waals surface area contributed by atoms with Gasteiger partial charge in [0.05, 0.1) is 0 Å². The van der Waals surface area contributed by atoms with Crippen molar-refractivity contribution in [2.24, 2.45) is 5.41 Å². The van der Waals surface area contributed by atoms with Crippen molar-refractivity contribution in [3.05, 3.63) is 35.6 Å². The molecule has 0 aromatic heterocycles. The summed E-state index contributed by atoms with van der Waals surface area (Å²) in [4.78, 5) is 14.2. The molecule has 0 aliphatic carbocycles. The standard InChI is InChI=1S/C14H18FNOS/c1-14(2,3)13(17)16-7-8-18-12(16)10-5-4-6-11(15)9-10/h4-6,9,12H,7-8H2,1-3H3. The first-order chi connectivity index (χ1) is 8.39. The van der Waals surface area contributed by atoms with Crippen molar-refractivity contribution in [2.45, 2.75) is 26.1 Å². The van der Waals surface area contributed by atoms with E-state index in [0.717, 1.165) is 17.9 Å². The summed E-state index contributed by atoms with van der Waals surface area (Å²) >= 11 is 1.70. The summed E-state index contributed by atoms with van der Waals surface area (Å²) in [6, 6.07) is 6.53. The molecule has 1 saturated heterocycles. The first-order valence-electron chi connectivity index (χ1n) is 6.08. The average Bonchev–Trinajstić information content (AvgIpc) is 2.75. The maximum Gasteiger partial charge on any atom is 0.229 e. The number of rotatable bonds is 1. The van der Waals surface area contributed by atoms with Crippen LogP contribution in [0.3, 0.4) is 0 Å². The van der Waals surface area contributed by atoms with Gasteiger partial charge in [-0.25, -0.2) is 4.39 Å². The molecule has 0 saturated carbocycles. The summed E-state index contributed by atoms with van der Waals surface area (Å²) in [6.07, 6.45) is 0. The van der Waals surface area contributed by atoms with E-state index in [1.165, 1.54) is 12.1 Å². The maximum absolute atomic E-state index is 13.3. The van der Waals surface area contributed by atoms with Crippen LogP contribution in [-0.4, -0.2) is 23.1 Å². The van der Waals surface area contributed by atoms with Crippen LogP contribution in [0.1, 0.15) is 31.7 Å². The van der Waals surface area contributed by atoms with Gasteiger partial charge in [0.1, 0.15) is 11.2 Å². The predicted octanol–water partition coefficient (Wildman–Crippen LogP) is 3.45. The Hall–Kier alpha value is -1.03. The van der Waals surface area contributed by atoms with Gasteiger partial charge in [0.25, 0.3) is 0 Å². The molecule has 1 aromatic carbocycles. The molecule has 1 aliphatic heterocycles. The van der Waals surface area contributed by atoms with E-state index in [0.29, 0.717) is 0 Å². The summed E-state index contributed by atoms with van der Waals surface area (Å²) in [5, 5.41) is -0.0487. The minimum absolute atomic E-state index is 0.0487. The van der Waals surface area contributed by atoms with Gasteiger partial charge in [-0.3, -0.25) is 4.79 Å². The normalized spacial score (nSPS) is 20.2. The zero-order valence-corrected chi connectivity index (χ0v) is 11.8. The first kappa shape index (κ1) is 13.4. The van der Waals surface area contributed by atoms with Gasteiger partial charge in [-0.05, 0) is 17.7 Å². The lowest BCUT2D eigenvalue weighted by atomic mass is 9.94. The van der Waals surface area contributed by atoms with Crippen LogP contribution in [0, 0.1) is 11.2 Å². The predicted molar refractivity (Wildman–Crippen MR) is 72.8 cm³/mol. The Kier molecular flexibility index (Phi) is 3.66. The zero-order valence-electron chi connectivity index (χ0n) is 10.9. The summed E-state index contributed by atoms with van der Waals surface area (Å²) in [7, 11) is 0. The van der Waals surface area contributed by atoms with Gasteiger partial charge >= 0.3 is 0 Å². The molecule has 1 atom stereocenters. The van der Waals surface area contributed by atoms with Crippen LogP contribution in [0.2, 0.25) is 0 Å². The van der Waals surface area contributed by atoms with Gasteiger partial charge < -0.3 is 4.90 Å². The number of carbonyl (C=O) groups excluding carboxylic acids is 1. The third-order valence-electron chi connectivity index (χ3n) is 2.93. The molecule has 2 nitrogen and oxygen atoms in total. The van der Waals surface area contributed by atoms with Crippen LogP contribution in [-0.2, 0) is 4.79 Å². The topological polar surface area (TPSA) is 20.3 Å². The number of thioether (sulfide) groups is 1. The molecule has 98 valence electrons. The SMILES string of the molecule is CC(C)(C)C(=O)N1CCSC1c1cccc(F)c1. The minimum atomic E-state index is -0.392. The Morgan fingerprint density at radius 1 is 1.44 bits per heavy atom. The van der Waals surface area contributed by atoms with Crippen molar-refractivity contribution in [2.75, 3.05) is 12.3 Å². The zero-order chi connectivity index (χ0) is 13.3. The summed E-state index contributed by atoms with van der Waals surface area (Å²) in [5.41, 5.74) is 0.478. The second-order valence-corrected chi connectivity index (χ2v) is 6.71. The minimum Gasteiger partial charge on any atom is -0.325 e. The fourth-order valence-corrected chi connectivity index (χ4v) is 3.29. The fourth-order valence-electron chi connectivity index (χ4n) is 2.05.